The van der Waals surface area contributed by atoms with Crippen molar-refractivity contribution in [2.45, 2.75) is 6.92 Å². The molecule has 1 aromatic heterocycles. The summed E-state index contributed by atoms with van der Waals surface area (Å²) in [6.07, 6.45) is 0. The molecule has 0 aliphatic carbocycles. The van der Waals surface area contributed by atoms with Crippen LogP contribution in [0.15, 0.2) is 65.7 Å². The van der Waals surface area contributed by atoms with Crippen LogP contribution in [0.2, 0.25) is 5.02 Å². The molecule has 0 saturated heterocycles. The Hall–Kier alpha value is -2.92. The number of aliphatic imine (C=N–C) groups is 1. The first kappa shape index (κ1) is 16.0. The summed E-state index contributed by atoms with van der Waals surface area (Å²) in [4.78, 5) is 16.4. The van der Waals surface area contributed by atoms with Gasteiger partial charge in [0.2, 0.25) is 0 Å². The third kappa shape index (κ3) is 3.88. The van der Waals surface area contributed by atoms with E-state index in [1.54, 1.807) is 31.2 Å². The number of hydrogen-bond acceptors (Lipinski definition) is 3. The van der Waals surface area contributed by atoms with Crippen LogP contribution >= 0.6 is 11.6 Å². The Labute approximate surface area is 144 Å². The van der Waals surface area contributed by atoms with E-state index in [0.717, 1.165) is 11.3 Å². The highest BCUT2D eigenvalue weighted by Crippen LogP contribution is 2.20. The fourth-order valence-electron chi connectivity index (χ4n) is 2.17. The molecule has 1 amide bonds. The van der Waals surface area contributed by atoms with Gasteiger partial charge >= 0.3 is 0 Å². The largest absolute Gasteiger partial charge is 0.310 e. The molecular weight excluding hydrogens is 324 g/mol. The summed E-state index contributed by atoms with van der Waals surface area (Å²) in [5, 5.41) is 10.4. The number of carbonyl (C=O) groups excluding carboxylic acids is 1. The van der Waals surface area contributed by atoms with Crippen molar-refractivity contribution in [1.82, 2.24) is 15.5 Å². The lowest BCUT2D eigenvalue weighted by Crippen LogP contribution is -2.28. The number of H-pyrrole nitrogens is 1. The molecule has 0 radical (unpaired) electrons. The minimum atomic E-state index is -0.244. The lowest BCUT2D eigenvalue weighted by Gasteiger charge is -2.03. The van der Waals surface area contributed by atoms with Gasteiger partial charge in [0.1, 0.15) is 5.84 Å². The Kier molecular flexibility index (Phi) is 4.72. The van der Waals surface area contributed by atoms with E-state index in [0.29, 0.717) is 22.2 Å². The number of halogens is 1. The zero-order valence-corrected chi connectivity index (χ0v) is 13.7. The van der Waals surface area contributed by atoms with E-state index in [-0.39, 0.29) is 5.91 Å². The number of hydrogen-bond donors (Lipinski definition) is 2. The van der Waals surface area contributed by atoms with E-state index in [1.165, 1.54) is 0 Å². The summed E-state index contributed by atoms with van der Waals surface area (Å²) in [5.41, 5.74) is 2.40. The summed E-state index contributed by atoms with van der Waals surface area (Å²) < 4.78 is 0. The molecule has 0 saturated carbocycles. The Bertz CT molecular complexity index is 870. The first-order valence-corrected chi connectivity index (χ1v) is 7.72. The molecule has 24 heavy (non-hydrogen) atoms. The van der Waals surface area contributed by atoms with Crippen molar-refractivity contribution in [3.05, 3.63) is 71.2 Å². The zero-order valence-electron chi connectivity index (χ0n) is 13.0. The van der Waals surface area contributed by atoms with E-state index in [2.05, 4.69) is 20.5 Å². The molecule has 0 fully saturated rings. The average Bonchev–Trinajstić information content (AvgIpc) is 3.04. The van der Waals surface area contributed by atoms with E-state index in [4.69, 9.17) is 11.6 Å². The summed E-state index contributed by atoms with van der Waals surface area (Å²) in [6, 6.07) is 18.3. The molecule has 0 aliphatic heterocycles. The number of carbonyl (C=O) groups is 1. The Morgan fingerprint density at radius 2 is 1.83 bits per heavy atom. The van der Waals surface area contributed by atoms with E-state index in [9.17, 15) is 4.79 Å². The molecule has 0 atom stereocenters. The maximum absolute atomic E-state index is 12.1. The predicted molar refractivity (Wildman–Crippen MR) is 95.7 cm³/mol. The first-order chi connectivity index (χ1) is 11.6. The fraction of sp³-hybridized carbons (Fsp3) is 0.0556. The smallest absolute Gasteiger partial charge is 0.256 e. The number of nitrogens with one attached hydrogen (secondary N) is 2. The van der Waals surface area contributed by atoms with Crippen LogP contribution in [-0.4, -0.2) is 21.9 Å². The molecule has 120 valence electrons. The summed E-state index contributed by atoms with van der Waals surface area (Å²) in [7, 11) is 0. The highest BCUT2D eigenvalue weighted by atomic mass is 35.5. The number of amides is 1. The number of benzene rings is 2. The van der Waals surface area contributed by atoms with Crippen LogP contribution in [0.5, 0.6) is 0 Å². The van der Waals surface area contributed by atoms with Gasteiger partial charge in [-0.25, -0.2) is 4.99 Å². The molecular formula is C18H15ClN4O. The van der Waals surface area contributed by atoms with Gasteiger partial charge in [-0.3, -0.25) is 9.89 Å². The molecule has 3 rings (SSSR count). The number of amidine groups is 1. The molecule has 0 spiro atoms. The van der Waals surface area contributed by atoms with Crippen LogP contribution in [0.1, 0.15) is 17.3 Å². The van der Waals surface area contributed by atoms with Gasteiger partial charge in [0.25, 0.3) is 5.91 Å². The SMILES string of the molecule is CC(=Nc1cc(-c2ccccc2)[nH]n1)NC(=O)c1ccc(Cl)cc1. The van der Waals surface area contributed by atoms with Gasteiger partial charge in [-0.15, -0.1) is 0 Å². The molecule has 2 N–H and O–H groups in total. The first-order valence-electron chi connectivity index (χ1n) is 7.35. The highest BCUT2D eigenvalue weighted by molar-refractivity contribution is 6.30. The maximum Gasteiger partial charge on any atom is 0.256 e. The number of rotatable bonds is 3. The van der Waals surface area contributed by atoms with Gasteiger partial charge in [-0.1, -0.05) is 41.9 Å². The predicted octanol–water partition coefficient (Wildman–Crippen LogP) is 4.21. The van der Waals surface area contributed by atoms with Crippen molar-refractivity contribution < 1.29 is 4.79 Å². The Morgan fingerprint density at radius 1 is 1.12 bits per heavy atom. The van der Waals surface area contributed by atoms with Crippen molar-refractivity contribution in [2.75, 3.05) is 0 Å². The average molecular weight is 339 g/mol. The third-order valence-corrected chi connectivity index (χ3v) is 3.58. The van der Waals surface area contributed by atoms with Crippen molar-refractivity contribution in [2.24, 2.45) is 4.99 Å². The minimum Gasteiger partial charge on any atom is -0.310 e. The molecule has 5 nitrogen and oxygen atoms in total. The third-order valence-electron chi connectivity index (χ3n) is 3.33. The van der Waals surface area contributed by atoms with Crippen molar-refractivity contribution in [3.63, 3.8) is 0 Å². The quantitative estimate of drug-likeness (QED) is 0.554. The van der Waals surface area contributed by atoms with Crippen LogP contribution in [0.3, 0.4) is 0 Å². The summed E-state index contributed by atoms with van der Waals surface area (Å²) >= 11 is 5.82. The monoisotopic (exact) mass is 338 g/mol. The van der Waals surface area contributed by atoms with Gasteiger partial charge in [0.15, 0.2) is 5.82 Å². The number of aromatic nitrogens is 2. The fourth-order valence-corrected chi connectivity index (χ4v) is 2.30. The molecule has 3 aromatic rings. The zero-order chi connectivity index (χ0) is 16.9. The second-order valence-corrected chi connectivity index (χ2v) is 5.60. The second kappa shape index (κ2) is 7.10. The molecule has 0 bridgehead atoms. The minimum absolute atomic E-state index is 0.244. The maximum atomic E-state index is 12.1. The van der Waals surface area contributed by atoms with Crippen molar-refractivity contribution >= 4 is 29.2 Å². The molecule has 6 heteroatoms. The van der Waals surface area contributed by atoms with Crippen LogP contribution < -0.4 is 5.32 Å². The van der Waals surface area contributed by atoms with Gasteiger partial charge in [0.05, 0.1) is 5.69 Å². The summed E-state index contributed by atoms with van der Waals surface area (Å²) in [5.74, 6) is 0.718. The number of aromatic amines is 1. The van der Waals surface area contributed by atoms with E-state index >= 15 is 0 Å². The topological polar surface area (TPSA) is 70.1 Å². The van der Waals surface area contributed by atoms with Gasteiger partial charge in [0, 0.05) is 16.7 Å². The standard InChI is InChI=1S/C18H15ClN4O/c1-12(21-18(24)14-7-9-15(19)10-8-14)20-17-11-16(22-23-17)13-5-3-2-4-6-13/h2-11H,1H3,(H2,20,21,22,23,24). The van der Waals surface area contributed by atoms with Crippen molar-refractivity contribution in [3.8, 4) is 11.3 Å². The summed E-state index contributed by atoms with van der Waals surface area (Å²) in [6.45, 7) is 1.71. The highest BCUT2D eigenvalue weighted by Gasteiger charge is 2.07. The normalized spacial score (nSPS) is 11.3. The molecule has 0 unspecified atom stereocenters. The molecule has 2 aromatic carbocycles. The Balaban J connectivity index is 1.71. The van der Waals surface area contributed by atoms with E-state index < -0.39 is 0 Å². The Morgan fingerprint density at radius 3 is 2.54 bits per heavy atom. The van der Waals surface area contributed by atoms with Gasteiger partial charge in [-0.05, 0) is 36.8 Å². The van der Waals surface area contributed by atoms with Crippen LogP contribution in [-0.2, 0) is 0 Å². The van der Waals surface area contributed by atoms with E-state index in [1.807, 2.05) is 36.4 Å². The van der Waals surface area contributed by atoms with Crippen LogP contribution in [0.25, 0.3) is 11.3 Å². The lowest BCUT2D eigenvalue weighted by atomic mass is 10.2. The lowest BCUT2D eigenvalue weighted by molar-refractivity contribution is 0.0977. The molecule has 0 aliphatic rings. The van der Waals surface area contributed by atoms with Crippen molar-refractivity contribution in [1.29, 1.82) is 0 Å². The second-order valence-electron chi connectivity index (χ2n) is 5.16. The molecule has 1 heterocycles. The van der Waals surface area contributed by atoms with Crippen LogP contribution in [0.4, 0.5) is 5.82 Å². The van der Waals surface area contributed by atoms with Gasteiger partial charge in [-0.2, -0.15) is 5.10 Å². The van der Waals surface area contributed by atoms with Gasteiger partial charge < -0.3 is 5.32 Å². The van der Waals surface area contributed by atoms with Crippen LogP contribution in [0, 0.1) is 0 Å². The number of nitrogens with zero attached hydrogens (tertiary/aromatic N) is 2.